The molecule has 2 rings (SSSR count). The zero-order valence-electron chi connectivity index (χ0n) is 9.91. The van der Waals surface area contributed by atoms with Crippen molar-refractivity contribution in [3.63, 3.8) is 0 Å². The Morgan fingerprint density at radius 1 is 1.22 bits per heavy atom. The lowest BCUT2D eigenvalue weighted by molar-refractivity contribution is 0.307. The molecule has 0 unspecified atom stereocenters. The Labute approximate surface area is 110 Å². The largest absolute Gasteiger partial charge is 0.487 e. The van der Waals surface area contributed by atoms with Gasteiger partial charge in [0.2, 0.25) is 0 Å². The summed E-state index contributed by atoms with van der Waals surface area (Å²) in [4.78, 5) is 0. The highest BCUT2D eigenvalue weighted by atomic mass is 35.5. The first-order chi connectivity index (χ1) is 8.56. The summed E-state index contributed by atoms with van der Waals surface area (Å²) in [5, 5.41) is 0.474. The van der Waals surface area contributed by atoms with Crippen molar-refractivity contribution < 1.29 is 9.13 Å². The number of ether oxygens (including phenoxy) is 1. The van der Waals surface area contributed by atoms with Gasteiger partial charge in [-0.15, -0.1) is 0 Å². The summed E-state index contributed by atoms with van der Waals surface area (Å²) < 4.78 is 18.6. The molecule has 0 aromatic heterocycles. The van der Waals surface area contributed by atoms with Crippen LogP contribution in [-0.4, -0.2) is 0 Å². The van der Waals surface area contributed by atoms with Crippen LogP contribution in [0, 0.1) is 12.7 Å². The van der Waals surface area contributed by atoms with Gasteiger partial charge in [-0.1, -0.05) is 17.7 Å². The fraction of sp³-hybridized carbons (Fsp3) is 0.143. The minimum absolute atomic E-state index is 0.184. The molecule has 0 fully saturated rings. The Kier molecular flexibility index (Phi) is 3.72. The molecule has 2 nitrogen and oxygen atoms in total. The van der Waals surface area contributed by atoms with Crippen LogP contribution in [0.25, 0.3) is 0 Å². The van der Waals surface area contributed by atoms with E-state index in [1.54, 1.807) is 6.07 Å². The van der Waals surface area contributed by atoms with E-state index in [2.05, 4.69) is 0 Å². The number of hydrogen-bond acceptors (Lipinski definition) is 2. The maximum atomic E-state index is 13.1. The van der Waals surface area contributed by atoms with Gasteiger partial charge in [-0.05, 0) is 42.8 Å². The standard InChI is InChI=1S/C14H13ClFNO/c1-9-2-5-14(13(17)6-9)18-8-10-7-11(16)3-4-12(10)15/h2-7H,8,17H2,1H3. The molecule has 0 amide bonds. The third-order valence-corrected chi connectivity index (χ3v) is 2.92. The first kappa shape index (κ1) is 12.7. The van der Waals surface area contributed by atoms with Crippen LogP contribution in [0.3, 0.4) is 0 Å². The molecule has 94 valence electrons. The van der Waals surface area contributed by atoms with E-state index in [1.165, 1.54) is 18.2 Å². The molecule has 2 aromatic rings. The van der Waals surface area contributed by atoms with Crippen molar-refractivity contribution in [2.75, 3.05) is 5.73 Å². The van der Waals surface area contributed by atoms with Crippen molar-refractivity contribution in [3.8, 4) is 5.75 Å². The number of nitrogens with two attached hydrogens (primary N) is 1. The fourth-order valence-corrected chi connectivity index (χ4v) is 1.78. The van der Waals surface area contributed by atoms with E-state index in [0.29, 0.717) is 22.0 Å². The minimum atomic E-state index is -0.338. The van der Waals surface area contributed by atoms with Crippen molar-refractivity contribution in [1.29, 1.82) is 0 Å². The zero-order valence-corrected chi connectivity index (χ0v) is 10.7. The summed E-state index contributed by atoms with van der Waals surface area (Å²) in [5.41, 5.74) is 8.03. The van der Waals surface area contributed by atoms with Crippen molar-refractivity contribution in [2.45, 2.75) is 13.5 Å². The number of anilines is 1. The van der Waals surface area contributed by atoms with E-state index in [1.807, 2.05) is 19.1 Å². The van der Waals surface area contributed by atoms with Crippen LogP contribution in [0.15, 0.2) is 36.4 Å². The average molecular weight is 266 g/mol. The molecule has 18 heavy (non-hydrogen) atoms. The molecule has 0 atom stereocenters. The second-order valence-electron chi connectivity index (χ2n) is 4.07. The molecule has 0 heterocycles. The van der Waals surface area contributed by atoms with E-state index in [4.69, 9.17) is 22.1 Å². The first-order valence-corrected chi connectivity index (χ1v) is 5.87. The third kappa shape index (κ3) is 2.93. The van der Waals surface area contributed by atoms with Crippen LogP contribution in [0.5, 0.6) is 5.75 Å². The topological polar surface area (TPSA) is 35.2 Å². The first-order valence-electron chi connectivity index (χ1n) is 5.49. The quantitative estimate of drug-likeness (QED) is 0.853. The lowest BCUT2D eigenvalue weighted by atomic mass is 10.2. The van der Waals surface area contributed by atoms with Gasteiger partial charge < -0.3 is 10.5 Å². The average Bonchev–Trinajstić information content (AvgIpc) is 2.32. The fourth-order valence-electron chi connectivity index (χ4n) is 1.61. The number of benzene rings is 2. The van der Waals surface area contributed by atoms with Crippen LogP contribution in [-0.2, 0) is 6.61 Å². The number of halogens is 2. The predicted octanol–water partition coefficient (Wildman–Crippen LogP) is 3.95. The molecule has 0 saturated heterocycles. The lowest BCUT2D eigenvalue weighted by Crippen LogP contribution is -2.00. The number of aryl methyl sites for hydroxylation is 1. The Hall–Kier alpha value is -1.74. The highest BCUT2D eigenvalue weighted by molar-refractivity contribution is 6.31. The summed E-state index contributed by atoms with van der Waals surface area (Å²) >= 11 is 5.95. The monoisotopic (exact) mass is 265 g/mol. The molecule has 0 aliphatic carbocycles. The van der Waals surface area contributed by atoms with Crippen LogP contribution < -0.4 is 10.5 Å². The van der Waals surface area contributed by atoms with E-state index in [-0.39, 0.29) is 12.4 Å². The smallest absolute Gasteiger partial charge is 0.142 e. The normalized spacial score (nSPS) is 10.4. The highest BCUT2D eigenvalue weighted by Gasteiger charge is 2.05. The Morgan fingerprint density at radius 2 is 2.00 bits per heavy atom. The van der Waals surface area contributed by atoms with Gasteiger partial charge in [-0.3, -0.25) is 0 Å². The number of rotatable bonds is 3. The molecular formula is C14H13ClFNO. The maximum Gasteiger partial charge on any atom is 0.142 e. The predicted molar refractivity (Wildman–Crippen MR) is 71.3 cm³/mol. The maximum absolute atomic E-state index is 13.1. The number of hydrogen-bond donors (Lipinski definition) is 1. The second kappa shape index (κ2) is 5.27. The van der Waals surface area contributed by atoms with Gasteiger partial charge in [0.1, 0.15) is 18.2 Å². The van der Waals surface area contributed by atoms with Crippen molar-refractivity contribution >= 4 is 17.3 Å². The molecular weight excluding hydrogens is 253 g/mol. The van der Waals surface area contributed by atoms with Gasteiger partial charge in [0, 0.05) is 10.6 Å². The molecule has 0 aliphatic heterocycles. The van der Waals surface area contributed by atoms with Crippen molar-refractivity contribution in [2.24, 2.45) is 0 Å². The summed E-state index contributed by atoms with van der Waals surface area (Å²) in [7, 11) is 0. The Bertz CT molecular complexity index is 572. The Balaban J connectivity index is 2.13. The van der Waals surface area contributed by atoms with Gasteiger partial charge in [-0.2, -0.15) is 0 Å². The molecule has 4 heteroatoms. The number of nitrogen functional groups attached to an aromatic ring is 1. The van der Waals surface area contributed by atoms with Gasteiger partial charge in [-0.25, -0.2) is 4.39 Å². The zero-order chi connectivity index (χ0) is 13.1. The van der Waals surface area contributed by atoms with Gasteiger partial charge in [0.05, 0.1) is 5.69 Å². The van der Waals surface area contributed by atoms with Crippen LogP contribution in [0.4, 0.5) is 10.1 Å². The third-order valence-electron chi connectivity index (χ3n) is 2.56. The molecule has 0 spiro atoms. The van der Waals surface area contributed by atoms with Gasteiger partial charge in [0.15, 0.2) is 0 Å². The van der Waals surface area contributed by atoms with Gasteiger partial charge in [0.25, 0.3) is 0 Å². The van der Waals surface area contributed by atoms with Crippen LogP contribution in [0.1, 0.15) is 11.1 Å². The van der Waals surface area contributed by atoms with E-state index in [0.717, 1.165) is 5.56 Å². The van der Waals surface area contributed by atoms with Crippen molar-refractivity contribution in [1.82, 2.24) is 0 Å². The molecule has 2 aromatic carbocycles. The summed E-state index contributed by atoms with van der Waals surface area (Å²) in [6, 6.07) is 9.69. The van der Waals surface area contributed by atoms with E-state index in [9.17, 15) is 4.39 Å². The molecule has 2 N–H and O–H groups in total. The van der Waals surface area contributed by atoms with Gasteiger partial charge >= 0.3 is 0 Å². The summed E-state index contributed by atoms with van der Waals surface area (Å²) in [5.74, 6) is 0.232. The Morgan fingerprint density at radius 3 is 2.72 bits per heavy atom. The van der Waals surface area contributed by atoms with E-state index >= 15 is 0 Å². The molecule has 0 saturated carbocycles. The summed E-state index contributed by atoms with van der Waals surface area (Å²) in [6.45, 7) is 2.13. The molecule has 0 radical (unpaired) electrons. The second-order valence-corrected chi connectivity index (χ2v) is 4.47. The lowest BCUT2D eigenvalue weighted by Gasteiger charge is -2.10. The van der Waals surface area contributed by atoms with Crippen LogP contribution >= 0.6 is 11.6 Å². The minimum Gasteiger partial charge on any atom is -0.487 e. The SMILES string of the molecule is Cc1ccc(OCc2cc(F)ccc2Cl)c(N)c1. The van der Waals surface area contributed by atoms with E-state index < -0.39 is 0 Å². The highest BCUT2D eigenvalue weighted by Crippen LogP contribution is 2.25. The van der Waals surface area contributed by atoms with Crippen LogP contribution in [0.2, 0.25) is 5.02 Å². The summed E-state index contributed by atoms with van der Waals surface area (Å²) in [6.07, 6.45) is 0. The molecule has 0 aliphatic rings. The van der Waals surface area contributed by atoms with Crippen molar-refractivity contribution in [3.05, 3.63) is 58.4 Å². The molecule has 0 bridgehead atoms.